The molecule has 1 nitrogen and oxygen atoms in total. The van der Waals surface area contributed by atoms with Gasteiger partial charge >= 0.3 is 0 Å². The van der Waals surface area contributed by atoms with Gasteiger partial charge in [-0.3, -0.25) is 4.90 Å². The van der Waals surface area contributed by atoms with Crippen LogP contribution in [0.2, 0.25) is 0 Å². The van der Waals surface area contributed by atoms with Crippen LogP contribution in [-0.2, 0) is 6.54 Å². The van der Waals surface area contributed by atoms with Gasteiger partial charge in [0.25, 0.3) is 0 Å². The Bertz CT molecular complexity index is 339. The normalized spacial score (nSPS) is 11.4. The van der Waals surface area contributed by atoms with Gasteiger partial charge in [0.2, 0.25) is 0 Å². The fraction of sp³-hybridized carbons (Fsp3) is 0.538. The number of nitrogens with zero attached hydrogens (tertiary/aromatic N) is 1. The van der Waals surface area contributed by atoms with E-state index in [0.29, 0.717) is 10.5 Å². The quantitative estimate of drug-likeness (QED) is 0.784. The minimum Gasteiger partial charge on any atom is -0.297 e. The molecule has 0 bridgehead atoms. The van der Waals surface area contributed by atoms with E-state index in [-0.39, 0.29) is 5.82 Å². The van der Waals surface area contributed by atoms with E-state index in [9.17, 15) is 4.39 Å². The van der Waals surface area contributed by atoms with Gasteiger partial charge in [0, 0.05) is 12.6 Å². The number of hydrogen-bond donors (Lipinski definition) is 0. The minimum atomic E-state index is -0.199. The van der Waals surface area contributed by atoms with Crippen LogP contribution < -0.4 is 0 Å². The number of hydrogen-bond acceptors (Lipinski definition) is 1. The van der Waals surface area contributed by atoms with E-state index in [1.807, 2.05) is 12.1 Å². The highest BCUT2D eigenvalue weighted by atomic mass is 79.9. The zero-order valence-corrected chi connectivity index (χ0v) is 11.7. The van der Waals surface area contributed by atoms with E-state index in [1.165, 1.54) is 6.07 Å². The molecule has 0 unspecified atom stereocenters. The Kier molecular flexibility index (Phi) is 5.42. The molecular weight excluding hydrogens is 269 g/mol. The molecule has 0 aliphatic carbocycles. The first-order valence-electron chi connectivity index (χ1n) is 5.72. The lowest BCUT2D eigenvalue weighted by Gasteiger charge is -2.26. The smallest absolute Gasteiger partial charge is 0.137 e. The Morgan fingerprint density at radius 1 is 1.38 bits per heavy atom. The fourth-order valence-corrected chi connectivity index (χ4v) is 2.11. The third-order valence-electron chi connectivity index (χ3n) is 2.61. The van der Waals surface area contributed by atoms with Gasteiger partial charge in [0.1, 0.15) is 5.82 Å². The summed E-state index contributed by atoms with van der Waals surface area (Å²) >= 11 is 3.22. The van der Waals surface area contributed by atoms with Crippen LogP contribution in [0.1, 0.15) is 32.8 Å². The van der Waals surface area contributed by atoms with E-state index in [2.05, 4.69) is 41.6 Å². The predicted octanol–water partition coefficient (Wildman–Crippen LogP) is 4.21. The molecule has 0 spiro atoms. The van der Waals surface area contributed by atoms with Gasteiger partial charge in [0.15, 0.2) is 0 Å². The molecule has 0 heterocycles. The number of benzene rings is 1. The molecule has 1 aromatic carbocycles. The van der Waals surface area contributed by atoms with Gasteiger partial charge in [-0.15, -0.1) is 0 Å². The van der Waals surface area contributed by atoms with E-state index in [4.69, 9.17) is 0 Å². The van der Waals surface area contributed by atoms with Gasteiger partial charge in [-0.2, -0.15) is 0 Å². The molecular formula is C13H19BrFN. The number of halogens is 2. The second-order valence-electron chi connectivity index (χ2n) is 4.31. The highest BCUT2D eigenvalue weighted by Gasteiger charge is 2.09. The minimum absolute atomic E-state index is 0.199. The van der Waals surface area contributed by atoms with Crippen LogP contribution in [0, 0.1) is 5.82 Å². The molecule has 0 atom stereocenters. The summed E-state index contributed by atoms with van der Waals surface area (Å²) in [6.45, 7) is 8.51. The maximum atomic E-state index is 13.1. The number of rotatable bonds is 5. The van der Waals surface area contributed by atoms with Crippen molar-refractivity contribution in [3.63, 3.8) is 0 Å². The van der Waals surface area contributed by atoms with Gasteiger partial charge in [-0.05, 0) is 60.4 Å². The molecule has 0 radical (unpaired) electrons. The summed E-state index contributed by atoms with van der Waals surface area (Å²) in [6, 6.07) is 5.75. The van der Waals surface area contributed by atoms with E-state index in [1.54, 1.807) is 0 Å². The predicted molar refractivity (Wildman–Crippen MR) is 69.9 cm³/mol. The zero-order valence-electron chi connectivity index (χ0n) is 10.1. The van der Waals surface area contributed by atoms with Gasteiger partial charge in [-0.25, -0.2) is 4.39 Å². The van der Waals surface area contributed by atoms with Crippen LogP contribution in [0.5, 0.6) is 0 Å². The van der Waals surface area contributed by atoms with Crippen molar-refractivity contribution in [2.24, 2.45) is 0 Å². The first-order chi connectivity index (χ1) is 7.54. The summed E-state index contributed by atoms with van der Waals surface area (Å²) in [7, 11) is 0. The van der Waals surface area contributed by atoms with Crippen LogP contribution >= 0.6 is 15.9 Å². The van der Waals surface area contributed by atoms with Crippen molar-refractivity contribution in [3.8, 4) is 0 Å². The lowest BCUT2D eigenvalue weighted by Crippen LogP contribution is -2.31. The van der Waals surface area contributed by atoms with Gasteiger partial charge in [0.05, 0.1) is 4.47 Å². The molecule has 0 saturated heterocycles. The van der Waals surface area contributed by atoms with Crippen molar-refractivity contribution >= 4 is 15.9 Å². The molecule has 0 amide bonds. The lowest BCUT2D eigenvalue weighted by atomic mass is 10.2. The summed E-state index contributed by atoms with van der Waals surface area (Å²) in [5.41, 5.74) is 1.15. The molecule has 0 aliphatic heterocycles. The molecule has 0 aromatic heterocycles. The summed E-state index contributed by atoms with van der Waals surface area (Å²) in [4.78, 5) is 2.39. The molecule has 3 heteroatoms. The maximum Gasteiger partial charge on any atom is 0.137 e. The van der Waals surface area contributed by atoms with E-state index >= 15 is 0 Å². The van der Waals surface area contributed by atoms with Crippen LogP contribution in [0.15, 0.2) is 22.7 Å². The highest BCUT2D eigenvalue weighted by Crippen LogP contribution is 2.18. The Balaban J connectivity index is 2.73. The molecule has 90 valence electrons. The molecule has 0 aliphatic rings. The zero-order chi connectivity index (χ0) is 12.1. The van der Waals surface area contributed by atoms with Crippen LogP contribution in [0.4, 0.5) is 4.39 Å². The first-order valence-corrected chi connectivity index (χ1v) is 6.52. The second kappa shape index (κ2) is 6.36. The average molecular weight is 288 g/mol. The van der Waals surface area contributed by atoms with Crippen molar-refractivity contribution in [2.45, 2.75) is 39.8 Å². The monoisotopic (exact) mass is 287 g/mol. The highest BCUT2D eigenvalue weighted by molar-refractivity contribution is 9.10. The standard InChI is InChI=1S/C13H19BrFN/c1-4-7-16(10(2)3)9-11-5-6-13(15)12(14)8-11/h5-6,8,10H,4,7,9H2,1-3H3. The third-order valence-corrected chi connectivity index (χ3v) is 3.22. The topological polar surface area (TPSA) is 3.24 Å². The third kappa shape index (κ3) is 3.87. The Hall–Kier alpha value is -0.410. The van der Waals surface area contributed by atoms with Crippen LogP contribution in [0.3, 0.4) is 0 Å². The van der Waals surface area contributed by atoms with Crippen molar-refractivity contribution in [1.29, 1.82) is 0 Å². The Morgan fingerprint density at radius 3 is 2.56 bits per heavy atom. The summed E-state index contributed by atoms with van der Waals surface area (Å²) in [6.07, 6.45) is 1.14. The van der Waals surface area contributed by atoms with E-state index in [0.717, 1.165) is 25.1 Å². The SMILES string of the molecule is CCCN(Cc1ccc(F)c(Br)c1)C(C)C. The fourth-order valence-electron chi connectivity index (χ4n) is 1.68. The first kappa shape index (κ1) is 13.7. The maximum absolute atomic E-state index is 13.1. The van der Waals surface area contributed by atoms with Gasteiger partial charge in [-0.1, -0.05) is 13.0 Å². The molecule has 0 N–H and O–H groups in total. The average Bonchev–Trinajstić information content (AvgIpc) is 2.22. The van der Waals surface area contributed by atoms with Crippen molar-refractivity contribution in [3.05, 3.63) is 34.1 Å². The molecule has 16 heavy (non-hydrogen) atoms. The Labute approximate surface area is 106 Å². The van der Waals surface area contributed by atoms with Crippen molar-refractivity contribution < 1.29 is 4.39 Å². The van der Waals surface area contributed by atoms with Crippen molar-refractivity contribution in [1.82, 2.24) is 4.90 Å². The summed E-state index contributed by atoms with van der Waals surface area (Å²) in [5, 5.41) is 0. The molecule has 1 aromatic rings. The van der Waals surface area contributed by atoms with Gasteiger partial charge < -0.3 is 0 Å². The van der Waals surface area contributed by atoms with Crippen molar-refractivity contribution in [2.75, 3.05) is 6.54 Å². The summed E-state index contributed by atoms with van der Waals surface area (Å²) < 4.78 is 13.6. The van der Waals surface area contributed by atoms with Crippen LogP contribution in [0.25, 0.3) is 0 Å². The van der Waals surface area contributed by atoms with Crippen LogP contribution in [-0.4, -0.2) is 17.5 Å². The second-order valence-corrected chi connectivity index (χ2v) is 5.17. The molecule has 0 fully saturated rings. The molecule has 1 rings (SSSR count). The lowest BCUT2D eigenvalue weighted by molar-refractivity contribution is 0.213. The van der Waals surface area contributed by atoms with E-state index < -0.39 is 0 Å². The summed E-state index contributed by atoms with van der Waals surface area (Å²) in [5.74, 6) is -0.199. The largest absolute Gasteiger partial charge is 0.297 e. The molecule has 0 saturated carbocycles. The Morgan fingerprint density at radius 2 is 2.06 bits per heavy atom.